The largest absolute Gasteiger partial charge is 0.493 e. The predicted octanol–water partition coefficient (Wildman–Crippen LogP) is 2.78. The molecule has 1 fully saturated rings. The maximum absolute atomic E-state index is 13.7. The number of methoxy groups -OCH3 is 3. The van der Waals surface area contributed by atoms with Gasteiger partial charge in [-0.25, -0.2) is 0 Å². The Morgan fingerprint density at radius 2 is 1.62 bits per heavy atom. The van der Waals surface area contributed by atoms with Gasteiger partial charge in [0.2, 0.25) is 11.7 Å². The van der Waals surface area contributed by atoms with Crippen LogP contribution in [0, 0.1) is 0 Å². The third-order valence-corrected chi connectivity index (χ3v) is 6.13. The molecule has 2 amide bonds. The van der Waals surface area contributed by atoms with Crippen LogP contribution in [0.5, 0.6) is 17.2 Å². The van der Waals surface area contributed by atoms with Gasteiger partial charge in [-0.15, -0.1) is 0 Å². The van der Waals surface area contributed by atoms with Gasteiger partial charge in [0, 0.05) is 51.3 Å². The monoisotopic (exact) mass is 469 g/mol. The van der Waals surface area contributed by atoms with Crippen molar-refractivity contribution in [1.29, 1.82) is 0 Å². The van der Waals surface area contributed by atoms with Crippen molar-refractivity contribution in [3.63, 3.8) is 0 Å². The molecule has 0 aliphatic carbocycles. The van der Waals surface area contributed by atoms with Crippen LogP contribution in [0.15, 0.2) is 42.5 Å². The van der Waals surface area contributed by atoms with Crippen molar-refractivity contribution < 1.29 is 23.8 Å². The van der Waals surface area contributed by atoms with Crippen molar-refractivity contribution in [1.82, 2.24) is 15.1 Å². The summed E-state index contributed by atoms with van der Waals surface area (Å²) in [5.74, 6) is 1.24. The fourth-order valence-electron chi connectivity index (χ4n) is 4.18. The molecule has 8 nitrogen and oxygen atoms in total. The number of amides is 2. The highest BCUT2D eigenvalue weighted by atomic mass is 16.5. The van der Waals surface area contributed by atoms with Crippen molar-refractivity contribution in [2.75, 3.05) is 60.6 Å². The minimum atomic E-state index is -0.185. The van der Waals surface area contributed by atoms with Gasteiger partial charge in [0.25, 0.3) is 5.91 Å². The molecule has 0 bridgehead atoms. The number of hydrogen-bond donors (Lipinski definition) is 1. The number of piperazine rings is 1. The van der Waals surface area contributed by atoms with Gasteiger partial charge in [-0.2, -0.15) is 0 Å². The molecule has 0 radical (unpaired) electrons. The van der Waals surface area contributed by atoms with Crippen LogP contribution >= 0.6 is 0 Å². The molecule has 3 rings (SSSR count). The van der Waals surface area contributed by atoms with E-state index in [0.717, 1.165) is 18.7 Å². The van der Waals surface area contributed by atoms with Crippen molar-refractivity contribution in [2.24, 2.45) is 0 Å². The Labute approximate surface area is 201 Å². The van der Waals surface area contributed by atoms with Gasteiger partial charge in [-0.1, -0.05) is 37.3 Å². The molecule has 1 heterocycles. The molecule has 0 unspecified atom stereocenters. The van der Waals surface area contributed by atoms with Crippen LogP contribution in [0.1, 0.15) is 35.2 Å². The number of nitrogens with zero attached hydrogens (tertiary/aromatic N) is 2. The molecule has 34 heavy (non-hydrogen) atoms. The van der Waals surface area contributed by atoms with E-state index in [9.17, 15) is 9.59 Å². The van der Waals surface area contributed by atoms with Gasteiger partial charge >= 0.3 is 0 Å². The predicted molar refractivity (Wildman–Crippen MR) is 131 cm³/mol. The van der Waals surface area contributed by atoms with Gasteiger partial charge in [-0.05, 0) is 23.6 Å². The van der Waals surface area contributed by atoms with E-state index in [4.69, 9.17) is 14.2 Å². The fraction of sp³-hybridized carbons (Fsp3) is 0.462. The van der Waals surface area contributed by atoms with Crippen LogP contribution in [0.3, 0.4) is 0 Å². The van der Waals surface area contributed by atoms with Crippen molar-refractivity contribution in [2.45, 2.75) is 19.3 Å². The Hall–Kier alpha value is -3.26. The van der Waals surface area contributed by atoms with E-state index >= 15 is 0 Å². The summed E-state index contributed by atoms with van der Waals surface area (Å²) in [7, 11) is 4.57. The lowest BCUT2D eigenvalue weighted by Gasteiger charge is -2.30. The average Bonchev–Trinajstić information content (AvgIpc) is 2.90. The second kappa shape index (κ2) is 12.3. The molecule has 1 aliphatic heterocycles. The lowest BCUT2D eigenvalue weighted by Crippen LogP contribution is -2.47. The summed E-state index contributed by atoms with van der Waals surface area (Å²) in [6.45, 7) is 5.88. The molecule has 0 aromatic heterocycles. The Kier molecular flexibility index (Phi) is 9.16. The Morgan fingerprint density at radius 3 is 2.18 bits per heavy atom. The highest BCUT2D eigenvalue weighted by Crippen LogP contribution is 2.38. The van der Waals surface area contributed by atoms with Crippen LogP contribution in [0.2, 0.25) is 0 Å². The molecule has 2 aromatic rings. The zero-order valence-corrected chi connectivity index (χ0v) is 20.5. The van der Waals surface area contributed by atoms with Crippen LogP contribution in [0.25, 0.3) is 0 Å². The molecule has 0 saturated carbocycles. The van der Waals surface area contributed by atoms with Gasteiger partial charge in [0.15, 0.2) is 11.5 Å². The topological polar surface area (TPSA) is 80.3 Å². The summed E-state index contributed by atoms with van der Waals surface area (Å²) < 4.78 is 16.3. The van der Waals surface area contributed by atoms with Crippen molar-refractivity contribution >= 4 is 11.8 Å². The third-order valence-electron chi connectivity index (χ3n) is 6.13. The average molecular weight is 470 g/mol. The molecule has 184 valence electrons. The second-order valence-corrected chi connectivity index (χ2v) is 8.36. The van der Waals surface area contributed by atoms with Crippen LogP contribution in [-0.4, -0.2) is 82.2 Å². The van der Waals surface area contributed by atoms with Crippen molar-refractivity contribution in [3.8, 4) is 17.2 Å². The fourth-order valence-corrected chi connectivity index (χ4v) is 4.18. The number of ether oxygens (including phenoxy) is 3. The Balaban J connectivity index is 1.84. The summed E-state index contributed by atoms with van der Waals surface area (Å²) >= 11 is 0. The lowest BCUT2D eigenvalue weighted by molar-refractivity contribution is -0.131. The van der Waals surface area contributed by atoms with E-state index in [0.29, 0.717) is 49.0 Å². The summed E-state index contributed by atoms with van der Waals surface area (Å²) in [4.78, 5) is 30.1. The zero-order valence-electron chi connectivity index (χ0n) is 20.5. The molecule has 0 spiro atoms. The van der Waals surface area contributed by atoms with Crippen LogP contribution in [-0.2, 0) is 4.79 Å². The first-order valence-electron chi connectivity index (χ1n) is 11.6. The van der Waals surface area contributed by atoms with Crippen molar-refractivity contribution in [3.05, 3.63) is 53.6 Å². The number of carbonyl (C=O) groups is 2. The maximum Gasteiger partial charge on any atom is 0.254 e. The molecule has 1 atom stereocenters. The van der Waals surface area contributed by atoms with E-state index in [1.807, 2.05) is 23.1 Å². The first-order chi connectivity index (χ1) is 16.5. The number of benzene rings is 2. The smallest absolute Gasteiger partial charge is 0.254 e. The van der Waals surface area contributed by atoms with E-state index in [2.05, 4.69) is 24.4 Å². The normalized spacial score (nSPS) is 14.3. The number of nitrogens with one attached hydrogen (secondary N) is 1. The van der Waals surface area contributed by atoms with Gasteiger partial charge in [0.1, 0.15) is 0 Å². The molecule has 1 aliphatic rings. The number of carbonyl (C=O) groups excluding carboxylic acids is 2. The minimum absolute atomic E-state index is 0.0663. The zero-order chi connectivity index (χ0) is 24.5. The Bertz CT molecular complexity index is 935. The molecule has 2 aromatic carbocycles. The van der Waals surface area contributed by atoms with Crippen LogP contribution in [0.4, 0.5) is 0 Å². The summed E-state index contributed by atoms with van der Waals surface area (Å²) in [5.41, 5.74) is 1.56. The molecule has 8 heteroatoms. The van der Waals surface area contributed by atoms with E-state index in [1.165, 1.54) is 21.3 Å². The molecular weight excluding hydrogens is 434 g/mol. The first kappa shape index (κ1) is 25.4. The first-order valence-corrected chi connectivity index (χ1v) is 11.6. The maximum atomic E-state index is 13.7. The van der Waals surface area contributed by atoms with E-state index in [1.54, 1.807) is 17.0 Å². The summed E-state index contributed by atoms with van der Waals surface area (Å²) in [6.07, 6.45) is 0.275. The summed E-state index contributed by atoms with van der Waals surface area (Å²) in [6, 6.07) is 13.4. The molecular formula is C26H35N3O5. The highest BCUT2D eigenvalue weighted by molar-refractivity contribution is 5.96. The number of hydrogen-bond acceptors (Lipinski definition) is 6. The van der Waals surface area contributed by atoms with E-state index < -0.39 is 0 Å². The second-order valence-electron chi connectivity index (χ2n) is 8.36. The minimum Gasteiger partial charge on any atom is -0.493 e. The van der Waals surface area contributed by atoms with Gasteiger partial charge in [0.05, 0.1) is 21.3 Å². The van der Waals surface area contributed by atoms with Gasteiger partial charge in [-0.3, -0.25) is 9.59 Å². The quantitative estimate of drug-likeness (QED) is 0.577. The third kappa shape index (κ3) is 6.20. The lowest BCUT2D eigenvalue weighted by atomic mass is 10.00. The standard InChI is InChI=1S/C26H35N3O5/c1-19(20-8-6-5-7-9-20)18-29(13-10-24(30)28-14-11-27-12-15-28)26(31)21-16-22(32-2)25(34-4)23(17-21)33-3/h5-9,16-17,19,27H,10-15,18H2,1-4H3/t19-/m1/s1. The van der Waals surface area contributed by atoms with Gasteiger partial charge < -0.3 is 29.3 Å². The summed E-state index contributed by atoms with van der Waals surface area (Å²) in [5, 5.41) is 3.26. The Morgan fingerprint density at radius 1 is 1.00 bits per heavy atom. The number of rotatable bonds is 10. The molecule has 1 N–H and O–H groups in total. The SMILES string of the molecule is COc1cc(C(=O)N(CCC(=O)N2CCNCC2)C[C@@H](C)c2ccccc2)cc(OC)c1OC. The highest BCUT2D eigenvalue weighted by Gasteiger charge is 2.25. The van der Waals surface area contributed by atoms with Crippen LogP contribution < -0.4 is 19.5 Å². The molecule has 1 saturated heterocycles. The van der Waals surface area contributed by atoms with E-state index in [-0.39, 0.29) is 24.2 Å².